The Morgan fingerprint density at radius 2 is 2.22 bits per heavy atom. The van der Waals surface area contributed by atoms with Crippen molar-refractivity contribution in [1.29, 1.82) is 0 Å². The number of benzene rings is 1. The van der Waals surface area contributed by atoms with Crippen LogP contribution in [0.4, 0.5) is 11.4 Å². The summed E-state index contributed by atoms with van der Waals surface area (Å²) in [4.78, 5) is 11.8. The van der Waals surface area contributed by atoms with E-state index in [1.165, 1.54) is 0 Å². The topological polar surface area (TPSA) is 55.2 Å². The van der Waals surface area contributed by atoms with Crippen molar-refractivity contribution in [2.45, 2.75) is 13.5 Å². The highest BCUT2D eigenvalue weighted by Gasteiger charge is 2.16. The van der Waals surface area contributed by atoms with Gasteiger partial charge in [0.15, 0.2) is 0 Å². The van der Waals surface area contributed by atoms with E-state index in [1.54, 1.807) is 30.4 Å². The second kappa shape index (κ2) is 5.49. The van der Waals surface area contributed by atoms with Gasteiger partial charge in [0.25, 0.3) is 5.69 Å². The number of thiophene rings is 1. The Labute approximate surface area is 117 Å². The maximum atomic E-state index is 11.0. The number of hydrogen-bond acceptors (Lipinski definition) is 4. The van der Waals surface area contributed by atoms with Crippen LogP contribution in [0.5, 0.6) is 0 Å². The van der Waals surface area contributed by atoms with Gasteiger partial charge in [0.2, 0.25) is 0 Å². The van der Waals surface area contributed by atoms with Crippen molar-refractivity contribution in [1.82, 2.24) is 0 Å². The summed E-state index contributed by atoms with van der Waals surface area (Å²) < 4.78 is 1.02. The highest BCUT2D eigenvalue weighted by atomic mass is 79.9. The highest BCUT2D eigenvalue weighted by Crippen LogP contribution is 2.30. The first kappa shape index (κ1) is 13.0. The molecule has 0 bridgehead atoms. The molecule has 2 rings (SSSR count). The van der Waals surface area contributed by atoms with Gasteiger partial charge in [0.05, 0.1) is 11.5 Å². The fourth-order valence-electron chi connectivity index (χ4n) is 1.67. The van der Waals surface area contributed by atoms with Crippen molar-refractivity contribution in [3.8, 4) is 0 Å². The van der Waals surface area contributed by atoms with Crippen molar-refractivity contribution in [3.63, 3.8) is 0 Å². The minimum atomic E-state index is -0.346. The number of nitro benzene ring substituents is 1. The zero-order valence-electron chi connectivity index (χ0n) is 9.64. The zero-order valence-corrected chi connectivity index (χ0v) is 12.0. The Balaban J connectivity index is 2.22. The second-order valence-electron chi connectivity index (χ2n) is 3.77. The van der Waals surface area contributed by atoms with Gasteiger partial charge >= 0.3 is 0 Å². The van der Waals surface area contributed by atoms with Crippen LogP contribution in [0.25, 0.3) is 0 Å². The largest absolute Gasteiger partial charge is 0.375 e. The SMILES string of the molecule is Cc1cccc(NCc2sccc2Br)c1[N+](=O)[O-]. The summed E-state index contributed by atoms with van der Waals surface area (Å²) >= 11 is 5.05. The predicted octanol–water partition coefficient (Wildman–Crippen LogP) is 4.34. The second-order valence-corrected chi connectivity index (χ2v) is 5.63. The average Bonchev–Trinajstić information content (AvgIpc) is 2.71. The van der Waals surface area contributed by atoms with E-state index in [9.17, 15) is 10.1 Å². The summed E-state index contributed by atoms with van der Waals surface area (Å²) in [5.74, 6) is 0. The monoisotopic (exact) mass is 326 g/mol. The number of halogens is 1. The van der Waals surface area contributed by atoms with E-state index in [-0.39, 0.29) is 10.6 Å². The number of anilines is 1. The third kappa shape index (κ3) is 2.70. The molecule has 0 amide bonds. The molecule has 6 heteroatoms. The molecule has 2 aromatic rings. The van der Waals surface area contributed by atoms with Crippen LogP contribution in [0.15, 0.2) is 34.1 Å². The quantitative estimate of drug-likeness (QED) is 0.671. The number of nitro groups is 1. The molecular formula is C12H11BrN2O2S. The van der Waals surface area contributed by atoms with Crippen molar-refractivity contribution in [3.05, 3.63) is 54.7 Å². The maximum Gasteiger partial charge on any atom is 0.295 e. The number of nitrogens with one attached hydrogen (secondary N) is 1. The fourth-order valence-corrected chi connectivity index (χ4v) is 3.10. The summed E-state index contributed by atoms with van der Waals surface area (Å²) in [6.45, 7) is 2.31. The predicted molar refractivity (Wildman–Crippen MR) is 77.2 cm³/mol. The molecule has 0 fully saturated rings. The van der Waals surface area contributed by atoms with Gasteiger partial charge in [-0.05, 0) is 40.4 Å². The third-order valence-corrected chi connectivity index (χ3v) is 4.48. The van der Waals surface area contributed by atoms with Gasteiger partial charge in [-0.3, -0.25) is 10.1 Å². The van der Waals surface area contributed by atoms with Crippen LogP contribution in [-0.2, 0) is 6.54 Å². The molecule has 4 nitrogen and oxygen atoms in total. The van der Waals surface area contributed by atoms with E-state index in [2.05, 4.69) is 21.2 Å². The van der Waals surface area contributed by atoms with Crippen LogP contribution in [-0.4, -0.2) is 4.92 Å². The van der Waals surface area contributed by atoms with Gasteiger partial charge in [-0.1, -0.05) is 12.1 Å². The first-order chi connectivity index (χ1) is 8.59. The van der Waals surface area contributed by atoms with Gasteiger partial charge in [-0.15, -0.1) is 11.3 Å². The molecule has 0 spiro atoms. The minimum Gasteiger partial charge on any atom is -0.375 e. The lowest BCUT2D eigenvalue weighted by Gasteiger charge is -2.07. The van der Waals surface area contributed by atoms with Crippen molar-refractivity contribution >= 4 is 38.6 Å². The molecule has 0 radical (unpaired) electrons. The molecule has 0 aliphatic rings. The van der Waals surface area contributed by atoms with Crippen LogP contribution >= 0.6 is 27.3 Å². The molecular weight excluding hydrogens is 316 g/mol. The van der Waals surface area contributed by atoms with Crippen molar-refractivity contribution < 1.29 is 4.92 Å². The van der Waals surface area contributed by atoms with Crippen molar-refractivity contribution in [2.75, 3.05) is 5.32 Å². The Kier molecular flexibility index (Phi) is 3.98. The molecule has 1 aromatic carbocycles. The number of para-hydroxylation sites is 1. The van der Waals surface area contributed by atoms with Crippen LogP contribution in [0.1, 0.15) is 10.4 Å². The van der Waals surface area contributed by atoms with Gasteiger partial charge in [-0.25, -0.2) is 0 Å². The number of hydrogen-bond donors (Lipinski definition) is 1. The molecule has 1 aromatic heterocycles. The molecule has 0 aliphatic carbocycles. The third-order valence-electron chi connectivity index (χ3n) is 2.55. The molecule has 18 heavy (non-hydrogen) atoms. The van der Waals surface area contributed by atoms with E-state index in [0.29, 0.717) is 17.8 Å². The standard InChI is InChI=1S/C12H11BrN2O2S/c1-8-3-2-4-10(12(8)15(16)17)14-7-11-9(13)5-6-18-11/h2-6,14H,7H2,1H3. The van der Waals surface area contributed by atoms with Crippen LogP contribution in [0.3, 0.4) is 0 Å². The maximum absolute atomic E-state index is 11.0. The minimum absolute atomic E-state index is 0.144. The lowest BCUT2D eigenvalue weighted by Crippen LogP contribution is -2.03. The van der Waals surface area contributed by atoms with Gasteiger partial charge in [-0.2, -0.15) is 0 Å². The smallest absolute Gasteiger partial charge is 0.295 e. The lowest BCUT2D eigenvalue weighted by molar-refractivity contribution is -0.384. The number of nitrogens with zero attached hydrogens (tertiary/aromatic N) is 1. The molecule has 1 N–H and O–H groups in total. The molecule has 0 unspecified atom stereocenters. The summed E-state index contributed by atoms with van der Waals surface area (Å²) in [5, 5.41) is 16.1. The Morgan fingerprint density at radius 1 is 1.44 bits per heavy atom. The molecule has 0 saturated heterocycles. The van der Waals surface area contributed by atoms with Gasteiger partial charge in [0.1, 0.15) is 5.69 Å². The summed E-state index contributed by atoms with van der Waals surface area (Å²) in [6.07, 6.45) is 0. The van der Waals surface area contributed by atoms with E-state index in [0.717, 1.165) is 9.35 Å². The van der Waals surface area contributed by atoms with Gasteiger partial charge in [0, 0.05) is 14.9 Å². The van der Waals surface area contributed by atoms with E-state index in [1.807, 2.05) is 17.5 Å². The first-order valence-corrected chi connectivity index (χ1v) is 6.96. The van der Waals surface area contributed by atoms with Gasteiger partial charge < -0.3 is 5.32 Å². The Bertz CT molecular complexity index is 583. The zero-order chi connectivity index (χ0) is 13.1. The summed E-state index contributed by atoms with van der Waals surface area (Å²) in [5.41, 5.74) is 1.36. The molecule has 0 atom stereocenters. The number of rotatable bonds is 4. The fraction of sp³-hybridized carbons (Fsp3) is 0.167. The highest BCUT2D eigenvalue weighted by molar-refractivity contribution is 9.10. The van der Waals surface area contributed by atoms with Crippen LogP contribution < -0.4 is 5.32 Å². The molecule has 1 heterocycles. The van der Waals surface area contributed by atoms with Crippen molar-refractivity contribution in [2.24, 2.45) is 0 Å². The van der Waals surface area contributed by atoms with E-state index < -0.39 is 0 Å². The summed E-state index contributed by atoms with van der Waals surface area (Å²) in [7, 11) is 0. The van der Waals surface area contributed by atoms with E-state index >= 15 is 0 Å². The van der Waals surface area contributed by atoms with E-state index in [4.69, 9.17) is 0 Å². The van der Waals surface area contributed by atoms with Crippen LogP contribution in [0.2, 0.25) is 0 Å². The molecule has 0 aliphatic heterocycles. The first-order valence-electron chi connectivity index (χ1n) is 5.29. The number of aryl methyl sites for hydroxylation is 1. The lowest BCUT2D eigenvalue weighted by atomic mass is 10.1. The molecule has 0 saturated carbocycles. The summed E-state index contributed by atoms with van der Waals surface area (Å²) in [6, 6.07) is 7.25. The Hall–Kier alpha value is -1.40. The van der Waals surface area contributed by atoms with Crippen LogP contribution in [0, 0.1) is 17.0 Å². The normalized spacial score (nSPS) is 10.3. The molecule has 94 valence electrons. The average molecular weight is 327 g/mol. The Morgan fingerprint density at radius 3 is 2.83 bits per heavy atom.